The minimum Gasteiger partial charge on any atom is -0.350 e. The van der Waals surface area contributed by atoms with Crippen LogP contribution in [0.25, 0.3) is 15.7 Å². The van der Waals surface area contributed by atoms with Crippen molar-refractivity contribution in [3.8, 4) is 0 Å². The van der Waals surface area contributed by atoms with Crippen LogP contribution in [0.3, 0.4) is 0 Å². The Bertz CT molecular complexity index is 1250. The topological polar surface area (TPSA) is 68.4 Å². The van der Waals surface area contributed by atoms with Crippen molar-refractivity contribution in [1.82, 2.24) is 19.5 Å². The number of aromatic nitrogens is 3. The van der Waals surface area contributed by atoms with E-state index < -0.39 is 0 Å². The number of carbonyl (C=O) groups excluding carboxylic acids is 1. The second-order valence-electron chi connectivity index (χ2n) is 6.91. The van der Waals surface area contributed by atoms with Gasteiger partial charge in [0.25, 0.3) is 5.56 Å². The van der Waals surface area contributed by atoms with Gasteiger partial charge in [-0.2, -0.15) is 5.10 Å². The van der Waals surface area contributed by atoms with Gasteiger partial charge in [-0.3, -0.25) is 14.0 Å². The minimum absolute atomic E-state index is 0.0912. The molecule has 0 spiro atoms. The van der Waals surface area contributed by atoms with Crippen LogP contribution in [0.4, 0.5) is 0 Å². The van der Waals surface area contributed by atoms with Crippen molar-refractivity contribution in [2.75, 3.05) is 0 Å². The minimum atomic E-state index is -0.246. The maximum Gasteiger partial charge on any atom is 0.291 e. The van der Waals surface area contributed by atoms with Gasteiger partial charge in [0.05, 0.1) is 10.2 Å². The highest BCUT2D eigenvalue weighted by Crippen LogP contribution is 2.28. The van der Waals surface area contributed by atoms with Gasteiger partial charge in [0, 0.05) is 17.8 Å². The van der Waals surface area contributed by atoms with Crippen molar-refractivity contribution in [2.24, 2.45) is 0 Å². The summed E-state index contributed by atoms with van der Waals surface area (Å²) in [5.74, 6) is 0.544. The molecule has 0 aliphatic heterocycles. The summed E-state index contributed by atoms with van der Waals surface area (Å²) in [6, 6.07) is 11.9. The average Bonchev–Trinajstić information content (AvgIpc) is 3.20. The van der Waals surface area contributed by atoms with Crippen molar-refractivity contribution in [2.45, 2.75) is 40.3 Å². The van der Waals surface area contributed by atoms with Crippen molar-refractivity contribution < 1.29 is 4.79 Å². The Morgan fingerprint density at radius 2 is 1.96 bits per heavy atom. The molecule has 0 saturated carbocycles. The third-order valence-electron chi connectivity index (χ3n) is 4.91. The standard InChI is InChI=1S/C21H22N4O2S/c1-4-19-23-24(12-20(26)22-11-15-8-6-5-7-13(15)2)21(27)17-10-18-16(25(17)19)9-14(3)28-18/h5-10H,4,11-12H2,1-3H3,(H,22,26). The molecule has 3 heterocycles. The molecular formula is C21H22N4O2S. The Kier molecular flexibility index (Phi) is 4.77. The number of carbonyl (C=O) groups is 1. The average molecular weight is 395 g/mol. The monoisotopic (exact) mass is 394 g/mol. The molecule has 0 aliphatic carbocycles. The number of hydrogen-bond acceptors (Lipinski definition) is 4. The fourth-order valence-corrected chi connectivity index (χ4v) is 4.39. The number of fused-ring (bicyclic) bond motifs is 3. The highest BCUT2D eigenvalue weighted by molar-refractivity contribution is 7.19. The molecule has 1 aromatic carbocycles. The SMILES string of the molecule is CCc1nn(CC(=O)NCc2ccccc2C)c(=O)c2cc3sc(C)cc3n12. The zero-order valence-electron chi connectivity index (χ0n) is 16.2. The van der Waals surface area contributed by atoms with Gasteiger partial charge in [0.1, 0.15) is 17.9 Å². The van der Waals surface area contributed by atoms with E-state index in [4.69, 9.17) is 0 Å². The zero-order chi connectivity index (χ0) is 19.8. The third-order valence-corrected chi connectivity index (χ3v) is 5.89. The molecule has 4 rings (SSSR count). The van der Waals surface area contributed by atoms with Crippen molar-refractivity contribution in [3.63, 3.8) is 0 Å². The molecule has 0 fully saturated rings. The molecule has 0 atom stereocenters. The molecule has 7 heteroatoms. The van der Waals surface area contributed by atoms with Crippen LogP contribution in [0.2, 0.25) is 0 Å². The molecule has 144 valence electrons. The number of thiophene rings is 1. The van der Waals surface area contributed by atoms with E-state index in [1.54, 1.807) is 11.3 Å². The smallest absolute Gasteiger partial charge is 0.291 e. The van der Waals surface area contributed by atoms with E-state index in [0.717, 1.165) is 27.2 Å². The summed E-state index contributed by atoms with van der Waals surface area (Å²) in [5, 5.41) is 7.36. The maximum absolute atomic E-state index is 12.9. The summed E-state index contributed by atoms with van der Waals surface area (Å²) >= 11 is 1.66. The van der Waals surface area contributed by atoms with E-state index >= 15 is 0 Å². The van der Waals surface area contributed by atoms with Crippen LogP contribution >= 0.6 is 11.3 Å². The normalized spacial score (nSPS) is 11.4. The Morgan fingerprint density at radius 1 is 1.18 bits per heavy atom. The largest absolute Gasteiger partial charge is 0.350 e. The van der Waals surface area contributed by atoms with Crippen LogP contribution < -0.4 is 10.9 Å². The summed E-state index contributed by atoms with van der Waals surface area (Å²) in [6.07, 6.45) is 0.667. The number of nitrogens with one attached hydrogen (secondary N) is 1. The van der Waals surface area contributed by atoms with Crippen molar-refractivity contribution in [3.05, 3.63) is 68.6 Å². The van der Waals surface area contributed by atoms with Crippen LogP contribution in [0.15, 0.2) is 41.2 Å². The molecule has 0 unspecified atom stereocenters. The first-order valence-corrected chi connectivity index (χ1v) is 10.1. The first kappa shape index (κ1) is 18.4. The summed E-state index contributed by atoms with van der Waals surface area (Å²) in [7, 11) is 0. The molecule has 28 heavy (non-hydrogen) atoms. The van der Waals surface area contributed by atoms with Gasteiger partial charge in [-0.15, -0.1) is 11.3 Å². The number of aryl methyl sites for hydroxylation is 3. The van der Waals surface area contributed by atoms with E-state index in [2.05, 4.69) is 23.4 Å². The van der Waals surface area contributed by atoms with Gasteiger partial charge in [-0.05, 0) is 37.1 Å². The lowest BCUT2D eigenvalue weighted by Crippen LogP contribution is -2.35. The van der Waals surface area contributed by atoms with Crippen molar-refractivity contribution >= 4 is 33.0 Å². The second-order valence-corrected chi connectivity index (χ2v) is 8.20. The Hall–Kier alpha value is -2.93. The van der Waals surface area contributed by atoms with Crippen LogP contribution in [-0.2, 0) is 24.3 Å². The lowest BCUT2D eigenvalue weighted by molar-refractivity contribution is -0.122. The predicted molar refractivity (Wildman–Crippen MR) is 112 cm³/mol. The first-order chi connectivity index (χ1) is 13.5. The van der Waals surface area contributed by atoms with E-state index in [0.29, 0.717) is 18.5 Å². The summed E-state index contributed by atoms with van der Waals surface area (Å²) < 4.78 is 4.26. The quantitative estimate of drug-likeness (QED) is 0.565. The molecule has 0 aliphatic rings. The van der Waals surface area contributed by atoms with Gasteiger partial charge >= 0.3 is 0 Å². The van der Waals surface area contributed by atoms with Crippen LogP contribution in [-0.4, -0.2) is 20.1 Å². The highest BCUT2D eigenvalue weighted by atomic mass is 32.1. The molecule has 6 nitrogen and oxygen atoms in total. The number of hydrogen-bond donors (Lipinski definition) is 1. The third kappa shape index (κ3) is 3.22. The van der Waals surface area contributed by atoms with Crippen LogP contribution in [0.1, 0.15) is 28.8 Å². The number of amides is 1. The van der Waals surface area contributed by atoms with Crippen molar-refractivity contribution in [1.29, 1.82) is 0 Å². The number of rotatable bonds is 5. The lowest BCUT2D eigenvalue weighted by atomic mass is 10.1. The van der Waals surface area contributed by atoms with Gasteiger partial charge < -0.3 is 5.32 Å². The van der Waals surface area contributed by atoms with Gasteiger partial charge in [0.15, 0.2) is 0 Å². The van der Waals surface area contributed by atoms with Crippen LogP contribution in [0, 0.1) is 13.8 Å². The summed E-state index contributed by atoms with van der Waals surface area (Å²) in [6.45, 7) is 6.40. The molecular weight excluding hydrogens is 372 g/mol. The summed E-state index contributed by atoms with van der Waals surface area (Å²) in [4.78, 5) is 26.5. The van der Waals surface area contributed by atoms with E-state index in [-0.39, 0.29) is 18.0 Å². The fraction of sp³-hybridized carbons (Fsp3) is 0.286. The van der Waals surface area contributed by atoms with E-state index in [9.17, 15) is 9.59 Å². The lowest BCUT2D eigenvalue weighted by Gasteiger charge is -2.11. The zero-order valence-corrected chi connectivity index (χ0v) is 17.0. The second kappa shape index (κ2) is 7.24. The molecule has 0 saturated heterocycles. The fourth-order valence-electron chi connectivity index (χ4n) is 3.44. The Labute approximate surface area is 166 Å². The number of nitrogens with zero attached hydrogens (tertiary/aromatic N) is 3. The van der Waals surface area contributed by atoms with Gasteiger partial charge in [-0.25, -0.2) is 4.68 Å². The molecule has 4 aromatic rings. The molecule has 1 N–H and O–H groups in total. The first-order valence-electron chi connectivity index (χ1n) is 9.30. The summed E-state index contributed by atoms with van der Waals surface area (Å²) in [5.41, 5.74) is 3.51. The van der Waals surface area contributed by atoms with E-state index in [1.807, 2.05) is 48.6 Å². The Balaban J connectivity index is 1.63. The Morgan fingerprint density at radius 3 is 2.71 bits per heavy atom. The molecule has 3 aromatic heterocycles. The number of benzene rings is 1. The molecule has 1 amide bonds. The molecule has 0 bridgehead atoms. The van der Waals surface area contributed by atoms with Gasteiger partial charge in [-0.1, -0.05) is 31.2 Å². The molecule has 0 radical (unpaired) electrons. The van der Waals surface area contributed by atoms with Crippen LogP contribution in [0.5, 0.6) is 0 Å². The maximum atomic E-state index is 12.9. The van der Waals surface area contributed by atoms with Gasteiger partial charge in [0.2, 0.25) is 5.91 Å². The predicted octanol–water partition coefficient (Wildman–Crippen LogP) is 3.21. The highest BCUT2D eigenvalue weighted by Gasteiger charge is 2.16. The van der Waals surface area contributed by atoms with E-state index in [1.165, 1.54) is 9.56 Å².